The summed E-state index contributed by atoms with van der Waals surface area (Å²) in [4.78, 5) is 45.5. The maximum atomic E-state index is 14.1. The zero-order chi connectivity index (χ0) is 35.1. The van der Waals surface area contributed by atoms with Crippen molar-refractivity contribution in [3.63, 3.8) is 0 Å². The number of aromatic hydroxyl groups is 1. The second-order valence-corrected chi connectivity index (χ2v) is 15.8. The van der Waals surface area contributed by atoms with Crippen LogP contribution in [0.1, 0.15) is 97.3 Å². The summed E-state index contributed by atoms with van der Waals surface area (Å²) in [5.41, 5.74) is 4.91. The fraction of sp³-hybridized carbons (Fsp3) is 0.459. The number of ketones is 2. The number of benzene rings is 3. The molecule has 0 saturated heterocycles. The average molecular weight is 686 g/mol. The number of aliphatic carboxylic acids is 1. The molecule has 0 aromatic heterocycles. The molecule has 2 aliphatic heterocycles. The van der Waals surface area contributed by atoms with E-state index in [9.17, 15) is 24.6 Å². The fourth-order valence-electron chi connectivity index (χ4n) is 8.87. The molecule has 0 bridgehead atoms. The molecule has 3 aromatic rings. The van der Waals surface area contributed by atoms with Gasteiger partial charge in [-0.2, -0.15) is 0 Å². The number of nitrogens with zero attached hydrogens (tertiary/aromatic N) is 1. The maximum Gasteiger partial charge on any atom is 0.332 e. The van der Waals surface area contributed by atoms with Gasteiger partial charge < -0.3 is 35.1 Å². The summed E-state index contributed by atoms with van der Waals surface area (Å²) in [5, 5.41) is 32.1. The summed E-state index contributed by atoms with van der Waals surface area (Å²) >= 11 is 1.49. The van der Waals surface area contributed by atoms with Crippen LogP contribution >= 0.6 is 11.8 Å². The Morgan fingerprint density at radius 1 is 1.00 bits per heavy atom. The number of carboxylic acids is 1. The monoisotopic (exact) mass is 685 g/mol. The number of phenols is 1. The second-order valence-electron chi connectivity index (χ2n) is 14.6. The number of Topliss-reactive ketones (excluding diaryl/α,β-unsaturated/α-hetero) is 2. The molecule has 49 heavy (non-hydrogen) atoms. The molecular formula is C37H39N3O8S. The lowest BCUT2D eigenvalue weighted by atomic mass is 9.71. The Morgan fingerprint density at radius 2 is 1.71 bits per heavy atom. The van der Waals surface area contributed by atoms with Crippen molar-refractivity contribution in [3.05, 3.63) is 39.0 Å². The van der Waals surface area contributed by atoms with E-state index in [1.807, 2.05) is 13.0 Å². The first kappa shape index (κ1) is 32.1. The first-order chi connectivity index (χ1) is 23.2. The highest BCUT2D eigenvalue weighted by atomic mass is 32.2. The lowest BCUT2D eigenvalue weighted by molar-refractivity contribution is -0.141. The number of phenolic OH excluding ortho intramolecular Hbond substituents is 1. The molecule has 8 rings (SSSR count). The quantitative estimate of drug-likeness (QED) is 0.229. The van der Waals surface area contributed by atoms with Gasteiger partial charge >= 0.3 is 5.97 Å². The minimum Gasteiger partial charge on any atom is -0.504 e. The van der Waals surface area contributed by atoms with Crippen LogP contribution in [0.4, 0.5) is 11.4 Å². The Balaban J connectivity index is 1.74. The van der Waals surface area contributed by atoms with Crippen LogP contribution in [0.25, 0.3) is 27.6 Å². The van der Waals surface area contributed by atoms with Gasteiger partial charge in [0.25, 0.3) is 0 Å². The number of fused-ring (bicyclic) bond motifs is 6. The fourth-order valence-corrected chi connectivity index (χ4v) is 10.3. The number of hydrogen-bond donors (Lipinski definition) is 4. The van der Waals surface area contributed by atoms with Crippen LogP contribution in [0.5, 0.6) is 11.5 Å². The second kappa shape index (κ2) is 10.4. The molecule has 0 spiro atoms. The van der Waals surface area contributed by atoms with Gasteiger partial charge in [0, 0.05) is 71.3 Å². The highest BCUT2D eigenvalue weighted by Crippen LogP contribution is 2.62. The minimum absolute atomic E-state index is 0.0199. The van der Waals surface area contributed by atoms with Gasteiger partial charge in [-0.25, -0.2) is 4.79 Å². The van der Waals surface area contributed by atoms with Crippen molar-refractivity contribution >= 4 is 74.0 Å². The zero-order valence-corrected chi connectivity index (χ0v) is 29.5. The van der Waals surface area contributed by atoms with Crippen molar-refractivity contribution < 1.29 is 38.8 Å². The van der Waals surface area contributed by atoms with Crippen molar-refractivity contribution in [1.29, 1.82) is 0 Å². The number of carbonyl (C=O) groups excluding carboxylic acids is 2. The van der Waals surface area contributed by atoms with E-state index in [2.05, 4.69) is 24.5 Å². The average Bonchev–Trinajstić information content (AvgIpc) is 3.17. The van der Waals surface area contributed by atoms with Gasteiger partial charge in [-0.1, -0.05) is 11.6 Å². The first-order valence-corrected chi connectivity index (χ1v) is 17.4. The van der Waals surface area contributed by atoms with E-state index >= 15 is 0 Å². The number of ether oxygens (including phenoxy) is 3. The molecule has 4 N–H and O–H groups in total. The van der Waals surface area contributed by atoms with Gasteiger partial charge in [0.1, 0.15) is 11.9 Å². The molecule has 5 aliphatic rings. The lowest BCUT2D eigenvalue weighted by Crippen LogP contribution is -2.47. The predicted octanol–water partition coefficient (Wildman–Crippen LogP) is 6.14. The Bertz CT molecular complexity index is 2170. The van der Waals surface area contributed by atoms with Gasteiger partial charge in [0.15, 0.2) is 22.8 Å². The highest BCUT2D eigenvalue weighted by molar-refractivity contribution is 8.00. The number of aliphatic imine (C=N–C) groups is 1. The van der Waals surface area contributed by atoms with Crippen LogP contribution < -0.4 is 15.4 Å². The molecule has 5 unspecified atom stereocenters. The maximum absolute atomic E-state index is 14.1. The number of methoxy groups -OCH3 is 3. The van der Waals surface area contributed by atoms with Crippen LogP contribution in [-0.4, -0.2) is 83.4 Å². The molecule has 11 nitrogen and oxygen atoms in total. The van der Waals surface area contributed by atoms with Gasteiger partial charge in [-0.3, -0.25) is 14.6 Å². The highest BCUT2D eigenvalue weighted by Gasteiger charge is 2.51. The Morgan fingerprint density at radius 3 is 2.35 bits per heavy atom. The molecule has 3 aliphatic carbocycles. The van der Waals surface area contributed by atoms with Crippen LogP contribution in [0.3, 0.4) is 0 Å². The van der Waals surface area contributed by atoms with Crippen LogP contribution in [0.15, 0.2) is 10.6 Å². The predicted molar refractivity (Wildman–Crippen MR) is 190 cm³/mol. The van der Waals surface area contributed by atoms with Gasteiger partial charge in [-0.15, -0.1) is 11.8 Å². The number of allylic oxidation sites excluding steroid dienone is 1. The first-order valence-electron chi connectivity index (χ1n) is 16.4. The smallest absolute Gasteiger partial charge is 0.332 e. The third-order valence-corrected chi connectivity index (χ3v) is 12.5. The van der Waals surface area contributed by atoms with Gasteiger partial charge in [0.2, 0.25) is 0 Å². The molecule has 2 heterocycles. The molecule has 256 valence electrons. The standard InChI is InChI=1S/C37H39N3O8S/c1-13-9-15-19-22-24-20(31(43)32(47-7)25(22)18(13)14(2)41)16(42)10-17(46-6)21(24)26-23(19)27(29-28(15)39-36(3,4)11-38-29)30-34(33(26)48-8)49-12-37(5,40-30)35(44)45/h9,17-18,33-34,38-39,43H,10-12H2,1-8H3,(H,44,45). The Hall–Kier alpha value is -4.13. The zero-order valence-electron chi connectivity index (χ0n) is 28.7. The minimum atomic E-state index is -1.38. The number of carboxylic acid groups (broad SMARTS) is 1. The number of hydrogen-bond acceptors (Lipinski definition) is 11. The van der Waals surface area contributed by atoms with Gasteiger partial charge in [0.05, 0.1) is 47.0 Å². The largest absolute Gasteiger partial charge is 0.504 e. The molecular weight excluding hydrogens is 646 g/mol. The van der Waals surface area contributed by atoms with E-state index in [4.69, 9.17) is 19.2 Å². The van der Waals surface area contributed by atoms with Crippen LogP contribution in [-0.2, 0) is 19.1 Å². The van der Waals surface area contributed by atoms with Crippen molar-refractivity contribution in [3.8, 4) is 11.5 Å². The number of anilines is 2. The van der Waals surface area contributed by atoms with Gasteiger partial charge in [-0.05, 0) is 51.1 Å². The number of carbonyl (C=O) groups is 3. The molecule has 0 radical (unpaired) electrons. The summed E-state index contributed by atoms with van der Waals surface area (Å²) in [6.07, 6.45) is 0.719. The molecule has 0 saturated carbocycles. The summed E-state index contributed by atoms with van der Waals surface area (Å²) < 4.78 is 18.4. The molecule has 0 fully saturated rings. The lowest BCUT2D eigenvalue weighted by Gasteiger charge is -2.45. The Labute approximate surface area is 287 Å². The summed E-state index contributed by atoms with van der Waals surface area (Å²) in [6, 6.07) is 0. The van der Waals surface area contributed by atoms with E-state index < -0.39 is 29.6 Å². The van der Waals surface area contributed by atoms with Crippen LogP contribution in [0.2, 0.25) is 0 Å². The van der Waals surface area contributed by atoms with E-state index in [1.165, 1.54) is 25.8 Å². The summed E-state index contributed by atoms with van der Waals surface area (Å²) in [7, 11) is 4.63. The number of rotatable bonds is 5. The third kappa shape index (κ3) is 4.05. The number of nitrogens with one attached hydrogen (secondary N) is 2. The van der Waals surface area contributed by atoms with E-state index in [-0.39, 0.29) is 51.6 Å². The van der Waals surface area contributed by atoms with Crippen LogP contribution in [0, 0.1) is 0 Å². The topological polar surface area (TPSA) is 156 Å². The van der Waals surface area contributed by atoms with E-state index in [0.717, 1.165) is 50.0 Å². The summed E-state index contributed by atoms with van der Waals surface area (Å²) in [6.45, 7) is 9.82. The normalized spacial score (nSPS) is 27.4. The van der Waals surface area contributed by atoms with Crippen molar-refractivity contribution in [1.82, 2.24) is 0 Å². The molecule has 12 heteroatoms. The third-order valence-electron chi connectivity index (χ3n) is 10.9. The molecule has 5 atom stereocenters. The van der Waals surface area contributed by atoms with Crippen molar-refractivity contribution in [2.24, 2.45) is 4.99 Å². The Kier molecular flexibility index (Phi) is 6.84. The number of thioether (sulfide) groups is 1. The SMILES string of the molecule is COc1c(O)c2c3c(c4c5c(c6c(c7c5c3c1C(C(C)=O)C(C)=C7)NC(C)(C)CN6)C1=NC(C)(C(=O)O)CSC1C4OC)C(OC)CC2=O. The molecule has 3 aromatic carbocycles. The van der Waals surface area contributed by atoms with E-state index in [1.54, 1.807) is 21.1 Å². The summed E-state index contributed by atoms with van der Waals surface area (Å²) in [5.74, 6) is -2.23. The van der Waals surface area contributed by atoms with Crippen molar-refractivity contribution in [2.75, 3.05) is 44.3 Å². The van der Waals surface area contributed by atoms with Crippen molar-refractivity contribution in [2.45, 2.75) is 75.5 Å². The molecule has 0 amide bonds. The van der Waals surface area contributed by atoms with E-state index in [0.29, 0.717) is 28.6 Å².